The van der Waals surface area contributed by atoms with Gasteiger partial charge in [-0.15, -0.1) is 10.2 Å². The summed E-state index contributed by atoms with van der Waals surface area (Å²) < 4.78 is 1.67. The third kappa shape index (κ3) is 3.40. The Kier molecular flexibility index (Phi) is 4.36. The zero-order chi connectivity index (χ0) is 19.6. The molecule has 144 valence electrons. The van der Waals surface area contributed by atoms with Crippen LogP contribution >= 0.6 is 0 Å². The van der Waals surface area contributed by atoms with Gasteiger partial charge in [-0.05, 0) is 30.3 Å². The van der Waals surface area contributed by atoms with Crippen LogP contribution in [0.4, 0.5) is 5.82 Å². The number of pyridine rings is 1. The van der Waals surface area contributed by atoms with Gasteiger partial charge in [0.1, 0.15) is 5.69 Å². The first-order chi connectivity index (χ1) is 14.3. The van der Waals surface area contributed by atoms with E-state index in [1.807, 2.05) is 59.6 Å². The molecule has 1 saturated heterocycles. The summed E-state index contributed by atoms with van der Waals surface area (Å²) in [5, 5.41) is 13.8. The van der Waals surface area contributed by atoms with E-state index in [9.17, 15) is 4.79 Å². The van der Waals surface area contributed by atoms with E-state index in [1.54, 1.807) is 16.9 Å². The van der Waals surface area contributed by atoms with Gasteiger partial charge in [-0.25, -0.2) is 9.67 Å². The number of rotatable bonds is 3. The minimum absolute atomic E-state index is 0.0319. The number of hydrogen-bond acceptors (Lipinski definition) is 6. The maximum atomic E-state index is 12.9. The lowest BCUT2D eigenvalue weighted by Gasteiger charge is -2.35. The van der Waals surface area contributed by atoms with Crippen LogP contribution in [-0.4, -0.2) is 61.9 Å². The molecule has 29 heavy (non-hydrogen) atoms. The quantitative estimate of drug-likeness (QED) is 0.538. The number of carbonyl (C=O) groups is 1. The summed E-state index contributed by atoms with van der Waals surface area (Å²) in [4.78, 5) is 21.4. The van der Waals surface area contributed by atoms with Gasteiger partial charge in [0.25, 0.3) is 5.91 Å². The van der Waals surface area contributed by atoms with Crippen molar-refractivity contribution in [1.82, 2.24) is 29.9 Å². The minimum atomic E-state index is -0.0319. The molecule has 3 aromatic heterocycles. The van der Waals surface area contributed by atoms with Crippen molar-refractivity contribution in [1.29, 1.82) is 0 Å². The predicted molar refractivity (Wildman–Crippen MR) is 109 cm³/mol. The van der Waals surface area contributed by atoms with Crippen LogP contribution in [0.3, 0.4) is 0 Å². The number of carbonyl (C=O) groups excluding carboxylic acids is 1. The Labute approximate surface area is 167 Å². The summed E-state index contributed by atoms with van der Waals surface area (Å²) in [5.41, 5.74) is 1.32. The molecule has 0 atom stereocenters. The molecular formula is C21H19N7O. The molecule has 1 aliphatic rings. The molecule has 1 amide bonds. The topological polar surface area (TPSA) is 80.0 Å². The molecule has 1 aliphatic heterocycles. The van der Waals surface area contributed by atoms with Crippen molar-refractivity contribution in [3.05, 3.63) is 72.7 Å². The van der Waals surface area contributed by atoms with Crippen LogP contribution in [0.1, 0.15) is 10.5 Å². The van der Waals surface area contributed by atoms with Crippen molar-refractivity contribution in [2.45, 2.75) is 0 Å². The fourth-order valence-corrected chi connectivity index (χ4v) is 3.50. The zero-order valence-electron chi connectivity index (χ0n) is 15.7. The fraction of sp³-hybridized carbons (Fsp3) is 0.190. The van der Waals surface area contributed by atoms with Crippen LogP contribution in [0.15, 0.2) is 67.0 Å². The van der Waals surface area contributed by atoms with Crippen molar-refractivity contribution >= 4 is 22.6 Å². The number of benzene rings is 1. The first-order valence-electron chi connectivity index (χ1n) is 9.52. The number of anilines is 1. The molecule has 0 bridgehead atoms. The molecule has 0 saturated carbocycles. The molecule has 0 radical (unpaired) electrons. The van der Waals surface area contributed by atoms with Crippen LogP contribution in [0, 0.1) is 0 Å². The summed E-state index contributed by atoms with van der Waals surface area (Å²) in [5.74, 6) is 1.45. The summed E-state index contributed by atoms with van der Waals surface area (Å²) in [6.45, 7) is 2.65. The Morgan fingerprint density at radius 1 is 0.828 bits per heavy atom. The van der Waals surface area contributed by atoms with Crippen LogP contribution in [0.5, 0.6) is 0 Å². The van der Waals surface area contributed by atoms with Crippen LogP contribution in [0.25, 0.3) is 16.7 Å². The van der Waals surface area contributed by atoms with E-state index in [-0.39, 0.29) is 5.91 Å². The number of fused-ring (bicyclic) bond motifs is 1. The monoisotopic (exact) mass is 385 g/mol. The van der Waals surface area contributed by atoms with Crippen LogP contribution in [-0.2, 0) is 0 Å². The minimum Gasteiger partial charge on any atom is -0.352 e. The average molecular weight is 385 g/mol. The van der Waals surface area contributed by atoms with Gasteiger partial charge < -0.3 is 9.80 Å². The second-order valence-electron chi connectivity index (χ2n) is 6.87. The van der Waals surface area contributed by atoms with E-state index >= 15 is 0 Å². The molecule has 8 heteroatoms. The fourth-order valence-electron chi connectivity index (χ4n) is 3.50. The molecule has 0 unspecified atom stereocenters. The molecule has 0 aliphatic carbocycles. The van der Waals surface area contributed by atoms with E-state index in [4.69, 9.17) is 0 Å². The molecule has 0 spiro atoms. The third-order valence-corrected chi connectivity index (χ3v) is 5.08. The average Bonchev–Trinajstić information content (AvgIpc) is 3.33. The standard InChI is InChI=1S/C21H19N7O/c29-21(18-7-6-16-4-1-2-5-17(16)23-18)27-14-12-26(13-15-27)19-8-9-20(25-24-19)28-11-3-10-22-28/h1-11H,12-15H2. The highest BCUT2D eigenvalue weighted by Gasteiger charge is 2.24. The number of amides is 1. The second kappa shape index (κ2) is 7.31. The summed E-state index contributed by atoms with van der Waals surface area (Å²) in [7, 11) is 0. The lowest BCUT2D eigenvalue weighted by molar-refractivity contribution is 0.0741. The van der Waals surface area contributed by atoms with Crippen molar-refractivity contribution in [2.75, 3.05) is 31.1 Å². The molecule has 4 heterocycles. The van der Waals surface area contributed by atoms with E-state index < -0.39 is 0 Å². The Morgan fingerprint density at radius 3 is 2.38 bits per heavy atom. The number of para-hydroxylation sites is 1. The number of aromatic nitrogens is 5. The molecule has 5 rings (SSSR count). The van der Waals surface area contributed by atoms with Gasteiger partial charge >= 0.3 is 0 Å². The van der Waals surface area contributed by atoms with Crippen LogP contribution in [0.2, 0.25) is 0 Å². The van der Waals surface area contributed by atoms with Gasteiger partial charge in [0.05, 0.1) is 5.52 Å². The van der Waals surface area contributed by atoms with E-state index in [0.29, 0.717) is 37.7 Å². The van der Waals surface area contributed by atoms with Crippen LogP contribution < -0.4 is 4.90 Å². The second-order valence-corrected chi connectivity index (χ2v) is 6.87. The number of nitrogens with zero attached hydrogens (tertiary/aromatic N) is 7. The van der Waals surface area contributed by atoms with Crippen molar-refractivity contribution in [2.24, 2.45) is 0 Å². The molecule has 8 nitrogen and oxygen atoms in total. The van der Waals surface area contributed by atoms with E-state index in [1.165, 1.54) is 0 Å². The Hall–Kier alpha value is -3.81. The maximum absolute atomic E-state index is 12.9. The molecular weight excluding hydrogens is 366 g/mol. The first-order valence-corrected chi connectivity index (χ1v) is 9.52. The first kappa shape index (κ1) is 17.3. The summed E-state index contributed by atoms with van der Waals surface area (Å²) >= 11 is 0. The lowest BCUT2D eigenvalue weighted by Crippen LogP contribution is -2.49. The summed E-state index contributed by atoms with van der Waals surface area (Å²) in [6.07, 6.45) is 3.53. The van der Waals surface area contributed by atoms with Crippen molar-refractivity contribution < 1.29 is 4.79 Å². The molecule has 1 aromatic carbocycles. The summed E-state index contributed by atoms with van der Waals surface area (Å²) in [6, 6.07) is 17.2. The number of hydrogen-bond donors (Lipinski definition) is 0. The zero-order valence-corrected chi connectivity index (χ0v) is 15.7. The van der Waals surface area contributed by atoms with Crippen molar-refractivity contribution in [3.63, 3.8) is 0 Å². The van der Waals surface area contributed by atoms with Gasteiger partial charge in [0, 0.05) is 44.0 Å². The highest BCUT2D eigenvalue weighted by molar-refractivity contribution is 5.95. The highest BCUT2D eigenvalue weighted by Crippen LogP contribution is 2.17. The van der Waals surface area contributed by atoms with Gasteiger partial charge in [-0.2, -0.15) is 5.10 Å². The molecule has 0 N–H and O–H groups in total. The van der Waals surface area contributed by atoms with E-state index in [0.717, 1.165) is 16.7 Å². The Bertz CT molecular complexity index is 1130. The maximum Gasteiger partial charge on any atom is 0.272 e. The third-order valence-electron chi connectivity index (χ3n) is 5.08. The van der Waals surface area contributed by atoms with E-state index in [2.05, 4.69) is 25.2 Å². The Morgan fingerprint density at radius 2 is 1.62 bits per heavy atom. The molecule has 4 aromatic rings. The van der Waals surface area contributed by atoms with Gasteiger partial charge in [0.15, 0.2) is 11.6 Å². The Balaban J connectivity index is 1.25. The molecule has 1 fully saturated rings. The SMILES string of the molecule is O=C(c1ccc2ccccc2n1)N1CCN(c2ccc(-n3cccn3)nn2)CC1. The lowest BCUT2D eigenvalue weighted by atomic mass is 10.2. The van der Waals surface area contributed by atoms with Gasteiger partial charge in [0.2, 0.25) is 0 Å². The normalized spacial score (nSPS) is 14.3. The number of piperazine rings is 1. The van der Waals surface area contributed by atoms with Gasteiger partial charge in [-0.1, -0.05) is 24.3 Å². The largest absolute Gasteiger partial charge is 0.352 e. The highest BCUT2D eigenvalue weighted by atomic mass is 16.2. The predicted octanol–water partition coefficient (Wildman–Crippen LogP) is 2.17. The smallest absolute Gasteiger partial charge is 0.272 e. The van der Waals surface area contributed by atoms with Gasteiger partial charge in [-0.3, -0.25) is 4.79 Å². The van der Waals surface area contributed by atoms with Crippen molar-refractivity contribution in [3.8, 4) is 5.82 Å².